The molecule has 2 heterocycles. The van der Waals surface area contributed by atoms with E-state index in [9.17, 15) is 18.0 Å². The van der Waals surface area contributed by atoms with E-state index in [1.165, 1.54) is 0 Å². The molecule has 0 saturated carbocycles. The Labute approximate surface area is 131 Å². The Morgan fingerprint density at radius 2 is 2.13 bits per heavy atom. The Bertz CT molecular complexity index is 657. The van der Waals surface area contributed by atoms with Gasteiger partial charge in [0.1, 0.15) is 12.2 Å². The molecule has 1 aliphatic rings. The molecule has 7 heteroatoms. The summed E-state index contributed by atoms with van der Waals surface area (Å²) in [6, 6.07) is 8.24. The predicted molar refractivity (Wildman–Crippen MR) is 79.2 cm³/mol. The van der Waals surface area contributed by atoms with Crippen LogP contribution in [-0.4, -0.2) is 47.8 Å². The largest absolute Gasteiger partial charge is 0.406 e. The van der Waals surface area contributed by atoms with Crippen molar-refractivity contribution in [2.24, 2.45) is 0 Å². The van der Waals surface area contributed by atoms with Crippen LogP contribution < -0.4 is 0 Å². The highest BCUT2D eigenvalue weighted by molar-refractivity contribution is 5.98. The zero-order valence-electron chi connectivity index (χ0n) is 12.4. The maximum absolute atomic E-state index is 12.9. The van der Waals surface area contributed by atoms with Gasteiger partial charge in [-0.25, -0.2) is 0 Å². The predicted octanol–water partition coefficient (Wildman–Crippen LogP) is 3.35. The normalized spacial score (nSPS) is 19.0. The first kappa shape index (κ1) is 15.9. The first-order chi connectivity index (χ1) is 10.9. The molecule has 0 radical (unpaired) electrons. The third kappa shape index (κ3) is 3.67. The molecule has 1 fully saturated rings. The van der Waals surface area contributed by atoms with Crippen molar-refractivity contribution in [3.63, 3.8) is 0 Å². The Kier molecular flexibility index (Phi) is 4.30. The fourth-order valence-corrected chi connectivity index (χ4v) is 2.87. The zero-order chi connectivity index (χ0) is 16.4. The van der Waals surface area contributed by atoms with Gasteiger partial charge in [-0.05, 0) is 25.0 Å². The molecule has 4 nitrogen and oxygen atoms in total. The number of nitrogens with zero attached hydrogens (tertiary/aromatic N) is 1. The van der Waals surface area contributed by atoms with E-state index in [1.54, 1.807) is 24.3 Å². The number of fused-ring (bicyclic) bond motifs is 1. The van der Waals surface area contributed by atoms with Crippen LogP contribution in [0.1, 0.15) is 23.3 Å². The van der Waals surface area contributed by atoms with Gasteiger partial charge in [-0.1, -0.05) is 18.2 Å². The van der Waals surface area contributed by atoms with Crippen molar-refractivity contribution in [2.75, 3.05) is 19.8 Å². The van der Waals surface area contributed by atoms with Crippen molar-refractivity contribution in [1.29, 1.82) is 0 Å². The molecule has 124 valence electrons. The number of carbonyl (C=O) groups is 1. The van der Waals surface area contributed by atoms with Crippen molar-refractivity contribution in [3.8, 4) is 0 Å². The average Bonchev–Trinajstić information content (AvgIpc) is 2.96. The molecule has 1 amide bonds. The first-order valence-electron chi connectivity index (χ1n) is 7.47. The second-order valence-corrected chi connectivity index (χ2v) is 5.69. The van der Waals surface area contributed by atoms with Crippen LogP contribution in [0.15, 0.2) is 30.3 Å². The molecule has 1 unspecified atom stereocenters. The smallest absolute Gasteiger partial charge is 0.379 e. The van der Waals surface area contributed by atoms with Crippen LogP contribution in [0, 0.1) is 0 Å². The van der Waals surface area contributed by atoms with Crippen molar-refractivity contribution >= 4 is 16.8 Å². The summed E-state index contributed by atoms with van der Waals surface area (Å²) in [5.41, 5.74) is 0.892. The number of para-hydroxylation sites is 1. The average molecular weight is 326 g/mol. The number of hydrogen-bond donors (Lipinski definition) is 1. The summed E-state index contributed by atoms with van der Waals surface area (Å²) in [4.78, 5) is 16.4. The monoisotopic (exact) mass is 326 g/mol. The minimum Gasteiger partial charge on any atom is -0.379 e. The van der Waals surface area contributed by atoms with Gasteiger partial charge < -0.3 is 14.6 Å². The van der Waals surface area contributed by atoms with Crippen LogP contribution in [0.5, 0.6) is 0 Å². The SMILES string of the molecule is O=C(c1cc2ccccc2[nH]1)N(CC(F)(F)F)C1CCCOC1. The lowest BCUT2D eigenvalue weighted by molar-refractivity contribution is -0.148. The van der Waals surface area contributed by atoms with Crippen LogP contribution in [0.2, 0.25) is 0 Å². The topological polar surface area (TPSA) is 45.3 Å². The molecule has 1 N–H and O–H groups in total. The molecule has 1 aliphatic heterocycles. The number of ether oxygens (including phenoxy) is 1. The van der Waals surface area contributed by atoms with Gasteiger partial charge in [0.2, 0.25) is 0 Å². The minimum atomic E-state index is -4.45. The number of amides is 1. The lowest BCUT2D eigenvalue weighted by atomic mass is 10.1. The molecule has 0 spiro atoms. The number of alkyl halides is 3. The van der Waals surface area contributed by atoms with Crippen LogP contribution in [0.25, 0.3) is 10.9 Å². The fourth-order valence-electron chi connectivity index (χ4n) is 2.87. The van der Waals surface area contributed by atoms with E-state index in [0.717, 1.165) is 15.8 Å². The number of halogens is 3. The van der Waals surface area contributed by atoms with Gasteiger partial charge in [-0.15, -0.1) is 0 Å². The maximum atomic E-state index is 12.9. The summed E-state index contributed by atoms with van der Waals surface area (Å²) in [7, 11) is 0. The highest BCUT2D eigenvalue weighted by Gasteiger charge is 2.38. The van der Waals surface area contributed by atoms with Gasteiger partial charge in [-0.3, -0.25) is 4.79 Å². The Morgan fingerprint density at radius 3 is 2.78 bits per heavy atom. The zero-order valence-corrected chi connectivity index (χ0v) is 12.4. The molecule has 2 aromatic rings. The van der Waals surface area contributed by atoms with Crippen LogP contribution in [0.4, 0.5) is 13.2 Å². The Balaban J connectivity index is 1.89. The first-order valence-corrected chi connectivity index (χ1v) is 7.47. The standard InChI is InChI=1S/C16H17F3N2O2/c17-16(18,19)10-21(12-5-3-7-23-9-12)15(22)14-8-11-4-1-2-6-13(11)20-14/h1-2,4,6,8,12,20H,3,5,7,9-10H2. The van der Waals surface area contributed by atoms with E-state index in [-0.39, 0.29) is 12.3 Å². The number of aromatic amines is 1. The quantitative estimate of drug-likeness (QED) is 0.940. The second-order valence-electron chi connectivity index (χ2n) is 5.69. The molecule has 0 aliphatic carbocycles. The van der Waals surface area contributed by atoms with E-state index in [2.05, 4.69) is 4.98 Å². The van der Waals surface area contributed by atoms with E-state index < -0.39 is 24.7 Å². The number of hydrogen-bond acceptors (Lipinski definition) is 2. The number of H-pyrrole nitrogens is 1. The highest BCUT2D eigenvalue weighted by atomic mass is 19.4. The van der Waals surface area contributed by atoms with Gasteiger partial charge in [0, 0.05) is 17.5 Å². The minimum absolute atomic E-state index is 0.141. The molecule has 23 heavy (non-hydrogen) atoms. The summed E-state index contributed by atoms with van der Waals surface area (Å²) < 4.78 is 43.9. The van der Waals surface area contributed by atoms with Crippen LogP contribution in [-0.2, 0) is 4.74 Å². The van der Waals surface area contributed by atoms with Crippen molar-refractivity contribution in [3.05, 3.63) is 36.0 Å². The van der Waals surface area contributed by atoms with Crippen LogP contribution >= 0.6 is 0 Å². The van der Waals surface area contributed by atoms with Crippen molar-refractivity contribution < 1.29 is 22.7 Å². The summed E-state index contributed by atoms with van der Waals surface area (Å²) in [5.74, 6) is -0.644. The number of rotatable bonds is 3. The summed E-state index contributed by atoms with van der Waals surface area (Å²) >= 11 is 0. The van der Waals surface area contributed by atoms with Crippen molar-refractivity contribution in [1.82, 2.24) is 9.88 Å². The maximum Gasteiger partial charge on any atom is 0.406 e. The summed E-state index contributed by atoms with van der Waals surface area (Å²) in [6.07, 6.45) is -3.28. The molecular weight excluding hydrogens is 309 g/mol. The molecule has 1 aromatic heterocycles. The van der Waals surface area contributed by atoms with E-state index in [1.807, 2.05) is 6.07 Å². The van der Waals surface area contributed by atoms with Gasteiger partial charge in [0.05, 0.1) is 12.6 Å². The third-order valence-corrected chi connectivity index (χ3v) is 3.95. The molecule has 0 bridgehead atoms. The molecule has 1 aromatic carbocycles. The Hall–Kier alpha value is -2.02. The number of aromatic nitrogens is 1. The highest BCUT2D eigenvalue weighted by Crippen LogP contribution is 2.24. The van der Waals surface area contributed by atoms with E-state index in [4.69, 9.17) is 4.74 Å². The fraction of sp³-hybridized carbons (Fsp3) is 0.438. The van der Waals surface area contributed by atoms with Gasteiger partial charge in [0.25, 0.3) is 5.91 Å². The lowest BCUT2D eigenvalue weighted by Gasteiger charge is -2.34. The number of nitrogens with one attached hydrogen (secondary N) is 1. The molecule has 1 atom stereocenters. The molecular formula is C16H17F3N2O2. The second kappa shape index (κ2) is 6.23. The van der Waals surface area contributed by atoms with Gasteiger partial charge in [-0.2, -0.15) is 13.2 Å². The lowest BCUT2D eigenvalue weighted by Crippen LogP contribution is -2.49. The Morgan fingerprint density at radius 1 is 1.35 bits per heavy atom. The van der Waals surface area contributed by atoms with E-state index in [0.29, 0.717) is 19.4 Å². The third-order valence-electron chi connectivity index (χ3n) is 3.95. The molecule has 1 saturated heterocycles. The van der Waals surface area contributed by atoms with E-state index >= 15 is 0 Å². The van der Waals surface area contributed by atoms with Gasteiger partial charge in [0.15, 0.2) is 0 Å². The van der Waals surface area contributed by atoms with Crippen LogP contribution in [0.3, 0.4) is 0 Å². The number of carbonyl (C=O) groups excluding carboxylic acids is 1. The number of benzene rings is 1. The summed E-state index contributed by atoms with van der Waals surface area (Å²) in [6.45, 7) is -0.603. The molecule has 3 rings (SSSR count). The van der Waals surface area contributed by atoms with Gasteiger partial charge >= 0.3 is 6.18 Å². The van der Waals surface area contributed by atoms with Crippen molar-refractivity contribution in [2.45, 2.75) is 25.1 Å². The summed E-state index contributed by atoms with van der Waals surface area (Å²) in [5, 5.41) is 0.794.